The third kappa shape index (κ3) is 4.15. The zero-order valence-corrected chi connectivity index (χ0v) is 19.3. The van der Waals surface area contributed by atoms with Crippen LogP contribution in [-0.4, -0.2) is 26.2 Å². The Morgan fingerprint density at radius 3 is 2.47 bits per heavy atom. The summed E-state index contributed by atoms with van der Waals surface area (Å²) in [5.41, 5.74) is 1.69. The molecular weight excluding hydrogens is 422 g/mol. The van der Waals surface area contributed by atoms with E-state index >= 15 is 0 Å². The summed E-state index contributed by atoms with van der Waals surface area (Å²) < 4.78 is 8.66. The Labute approximate surface area is 199 Å². The van der Waals surface area contributed by atoms with Gasteiger partial charge in [0, 0.05) is 11.8 Å². The molecule has 0 saturated heterocycles. The van der Waals surface area contributed by atoms with E-state index in [1.807, 2.05) is 66.7 Å². The SMILES string of the molecule is CCCC(Oc1cccc2ccccc12)(C(O)CCc1ccccc1)n1nnc2ccccc21. The molecule has 4 aromatic carbocycles. The van der Waals surface area contributed by atoms with Crippen molar-refractivity contribution in [1.82, 2.24) is 15.0 Å². The topological polar surface area (TPSA) is 60.2 Å². The zero-order valence-electron chi connectivity index (χ0n) is 19.3. The molecule has 1 aromatic heterocycles. The van der Waals surface area contributed by atoms with Gasteiger partial charge in [-0.3, -0.25) is 0 Å². The van der Waals surface area contributed by atoms with Gasteiger partial charge in [-0.2, -0.15) is 4.68 Å². The van der Waals surface area contributed by atoms with Crippen LogP contribution < -0.4 is 4.74 Å². The molecule has 0 aliphatic rings. The molecule has 1 heterocycles. The summed E-state index contributed by atoms with van der Waals surface area (Å²) in [7, 11) is 0. The number of fused-ring (bicyclic) bond motifs is 2. The van der Waals surface area contributed by atoms with Crippen LogP contribution in [0.1, 0.15) is 31.7 Å². The number of rotatable bonds is 9. The minimum atomic E-state index is -1.11. The van der Waals surface area contributed by atoms with Crippen molar-refractivity contribution in [2.45, 2.75) is 44.4 Å². The van der Waals surface area contributed by atoms with E-state index < -0.39 is 11.8 Å². The van der Waals surface area contributed by atoms with Crippen molar-refractivity contribution in [3.8, 4) is 5.75 Å². The van der Waals surface area contributed by atoms with E-state index in [4.69, 9.17) is 4.74 Å². The van der Waals surface area contributed by atoms with E-state index in [-0.39, 0.29) is 0 Å². The molecule has 0 fully saturated rings. The lowest BCUT2D eigenvalue weighted by Gasteiger charge is -2.39. The monoisotopic (exact) mass is 451 g/mol. The summed E-state index contributed by atoms with van der Waals surface area (Å²) in [6.07, 6.45) is 1.85. The van der Waals surface area contributed by atoms with Gasteiger partial charge in [-0.15, -0.1) is 5.10 Å². The van der Waals surface area contributed by atoms with Crippen molar-refractivity contribution in [3.63, 3.8) is 0 Å². The molecule has 0 amide bonds. The smallest absolute Gasteiger partial charge is 0.229 e. The molecule has 172 valence electrons. The van der Waals surface area contributed by atoms with Crippen LogP contribution in [0.3, 0.4) is 0 Å². The van der Waals surface area contributed by atoms with Gasteiger partial charge < -0.3 is 9.84 Å². The van der Waals surface area contributed by atoms with Crippen LogP contribution in [-0.2, 0) is 12.1 Å². The van der Waals surface area contributed by atoms with E-state index in [1.165, 1.54) is 5.56 Å². The number of aliphatic hydroxyl groups excluding tert-OH is 1. The van der Waals surface area contributed by atoms with Crippen molar-refractivity contribution in [1.29, 1.82) is 0 Å². The Morgan fingerprint density at radius 2 is 1.62 bits per heavy atom. The van der Waals surface area contributed by atoms with Crippen molar-refractivity contribution in [3.05, 3.63) is 103 Å². The largest absolute Gasteiger partial charge is 0.463 e. The maximum absolute atomic E-state index is 11.8. The second kappa shape index (κ2) is 9.65. The van der Waals surface area contributed by atoms with Gasteiger partial charge >= 0.3 is 0 Å². The molecule has 0 saturated carbocycles. The molecule has 5 heteroatoms. The third-order valence-corrected chi connectivity index (χ3v) is 6.42. The molecule has 0 bridgehead atoms. The van der Waals surface area contributed by atoms with E-state index in [0.717, 1.165) is 40.4 Å². The van der Waals surface area contributed by atoms with Crippen LogP contribution in [0.15, 0.2) is 97.1 Å². The van der Waals surface area contributed by atoms with Gasteiger partial charge in [0.1, 0.15) is 17.4 Å². The number of aromatic nitrogens is 3. The van der Waals surface area contributed by atoms with Crippen molar-refractivity contribution < 1.29 is 9.84 Å². The standard InChI is InChI=1S/C29H29N3O2/c1-2-21-29(28(33)20-19-22-11-4-3-5-12-22,32-26-17-9-8-16-25(26)30-31-32)34-27-18-10-14-23-13-6-7-15-24(23)27/h3-18,28,33H,2,19-21H2,1H3. The van der Waals surface area contributed by atoms with Gasteiger partial charge in [0.2, 0.25) is 5.72 Å². The quantitative estimate of drug-likeness (QED) is 0.294. The molecule has 5 nitrogen and oxygen atoms in total. The predicted octanol–water partition coefficient (Wildman–Crippen LogP) is 6.11. The van der Waals surface area contributed by atoms with Crippen molar-refractivity contribution in [2.75, 3.05) is 0 Å². The summed E-state index contributed by atoms with van der Waals surface area (Å²) in [6.45, 7) is 2.10. The number of hydrogen-bond donors (Lipinski definition) is 1. The average Bonchev–Trinajstić information content (AvgIpc) is 3.32. The summed E-state index contributed by atoms with van der Waals surface area (Å²) >= 11 is 0. The first-order valence-electron chi connectivity index (χ1n) is 11.9. The van der Waals surface area contributed by atoms with Crippen LogP contribution in [0.5, 0.6) is 5.75 Å². The number of para-hydroxylation sites is 1. The minimum Gasteiger partial charge on any atom is -0.463 e. The lowest BCUT2D eigenvalue weighted by molar-refractivity contribution is -0.127. The highest BCUT2D eigenvalue weighted by molar-refractivity contribution is 5.88. The first-order chi connectivity index (χ1) is 16.7. The molecule has 0 radical (unpaired) electrons. The highest BCUT2D eigenvalue weighted by atomic mass is 16.5. The fourth-order valence-corrected chi connectivity index (χ4v) is 4.73. The fraction of sp³-hybridized carbons (Fsp3) is 0.241. The molecule has 0 aliphatic heterocycles. The predicted molar refractivity (Wildman–Crippen MR) is 136 cm³/mol. The number of aryl methyl sites for hydroxylation is 1. The number of aliphatic hydroxyl groups is 1. The third-order valence-electron chi connectivity index (χ3n) is 6.42. The molecule has 5 aromatic rings. The number of hydrogen-bond acceptors (Lipinski definition) is 4. The Hall–Kier alpha value is -3.70. The zero-order chi connectivity index (χ0) is 23.4. The average molecular weight is 452 g/mol. The molecular formula is C29H29N3O2. The number of nitrogens with zero attached hydrogens (tertiary/aromatic N) is 3. The van der Waals surface area contributed by atoms with Gasteiger partial charge in [0.05, 0.1) is 5.52 Å². The van der Waals surface area contributed by atoms with E-state index in [1.54, 1.807) is 4.68 Å². The maximum atomic E-state index is 11.8. The van der Waals surface area contributed by atoms with Crippen LogP contribution >= 0.6 is 0 Å². The maximum Gasteiger partial charge on any atom is 0.229 e. The van der Waals surface area contributed by atoms with Crippen LogP contribution in [0.2, 0.25) is 0 Å². The summed E-state index contributed by atoms with van der Waals surface area (Å²) in [5, 5.41) is 22.8. The first-order valence-corrected chi connectivity index (χ1v) is 11.9. The van der Waals surface area contributed by atoms with E-state index in [9.17, 15) is 5.11 Å². The second-order valence-electron chi connectivity index (χ2n) is 8.70. The molecule has 0 spiro atoms. The highest BCUT2D eigenvalue weighted by Crippen LogP contribution is 2.37. The molecule has 1 N–H and O–H groups in total. The summed E-state index contributed by atoms with van der Waals surface area (Å²) in [5.74, 6) is 0.727. The van der Waals surface area contributed by atoms with Gasteiger partial charge in [0.15, 0.2) is 0 Å². The Kier molecular flexibility index (Phi) is 6.28. The molecule has 34 heavy (non-hydrogen) atoms. The number of ether oxygens (including phenoxy) is 1. The molecule has 5 rings (SSSR count). The second-order valence-corrected chi connectivity index (χ2v) is 8.70. The lowest BCUT2D eigenvalue weighted by atomic mass is 9.94. The van der Waals surface area contributed by atoms with Crippen molar-refractivity contribution >= 4 is 21.8 Å². The molecule has 0 aliphatic carbocycles. The van der Waals surface area contributed by atoms with Gasteiger partial charge in [0.25, 0.3) is 0 Å². The van der Waals surface area contributed by atoms with Crippen molar-refractivity contribution in [2.24, 2.45) is 0 Å². The number of benzene rings is 4. The minimum absolute atomic E-state index is 0.531. The Balaban J connectivity index is 1.62. The van der Waals surface area contributed by atoms with Gasteiger partial charge in [-0.05, 0) is 42.0 Å². The fourth-order valence-electron chi connectivity index (χ4n) is 4.73. The molecule has 2 atom stereocenters. The Bertz CT molecular complexity index is 1380. The normalized spacial score (nSPS) is 14.2. The summed E-state index contributed by atoms with van der Waals surface area (Å²) in [6, 6.07) is 32.2. The van der Waals surface area contributed by atoms with Crippen LogP contribution in [0, 0.1) is 0 Å². The van der Waals surface area contributed by atoms with Crippen LogP contribution in [0.4, 0.5) is 0 Å². The summed E-state index contributed by atoms with van der Waals surface area (Å²) in [4.78, 5) is 0. The van der Waals surface area contributed by atoms with E-state index in [2.05, 4.69) is 47.6 Å². The Morgan fingerprint density at radius 1 is 0.882 bits per heavy atom. The lowest BCUT2D eigenvalue weighted by Crippen LogP contribution is -2.51. The van der Waals surface area contributed by atoms with Gasteiger partial charge in [-0.25, -0.2) is 0 Å². The van der Waals surface area contributed by atoms with Crippen LogP contribution in [0.25, 0.3) is 21.8 Å². The van der Waals surface area contributed by atoms with E-state index in [0.29, 0.717) is 12.8 Å². The first kappa shape index (κ1) is 22.1. The van der Waals surface area contributed by atoms with Gasteiger partial charge in [-0.1, -0.05) is 97.4 Å². The highest BCUT2D eigenvalue weighted by Gasteiger charge is 2.44. The molecule has 2 unspecified atom stereocenters.